The zero-order chi connectivity index (χ0) is 21.1. The maximum atomic E-state index is 12.8. The van der Waals surface area contributed by atoms with Gasteiger partial charge in [-0.1, -0.05) is 23.2 Å². The number of hydrogen-bond acceptors (Lipinski definition) is 6. The van der Waals surface area contributed by atoms with E-state index >= 15 is 0 Å². The first-order valence-electron chi connectivity index (χ1n) is 8.40. The molecule has 0 bridgehead atoms. The van der Waals surface area contributed by atoms with E-state index < -0.39 is 0 Å². The van der Waals surface area contributed by atoms with Gasteiger partial charge in [-0.2, -0.15) is 0 Å². The molecule has 0 aliphatic rings. The van der Waals surface area contributed by atoms with Crippen molar-refractivity contribution in [1.82, 2.24) is 9.88 Å². The Morgan fingerprint density at radius 3 is 2.62 bits per heavy atom. The number of amides is 2. The Morgan fingerprint density at radius 1 is 1.21 bits per heavy atom. The monoisotopic (exact) mass is 469 g/mol. The van der Waals surface area contributed by atoms with Gasteiger partial charge in [0.1, 0.15) is 15.6 Å². The Bertz CT molecular complexity index is 1060. The van der Waals surface area contributed by atoms with Gasteiger partial charge >= 0.3 is 0 Å². The summed E-state index contributed by atoms with van der Waals surface area (Å²) in [7, 11) is 3.07. The average Bonchev–Trinajstić information content (AvgIpc) is 3.26. The zero-order valence-electron chi connectivity index (χ0n) is 15.8. The third kappa shape index (κ3) is 5.08. The van der Waals surface area contributed by atoms with Gasteiger partial charge in [-0.15, -0.1) is 22.7 Å². The van der Waals surface area contributed by atoms with E-state index in [0.717, 1.165) is 9.88 Å². The lowest BCUT2D eigenvalue weighted by Gasteiger charge is -2.17. The van der Waals surface area contributed by atoms with Crippen molar-refractivity contribution < 1.29 is 14.3 Å². The molecule has 29 heavy (non-hydrogen) atoms. The molecule has 0 atom stereocenters. The van der Waals surface area contributed by atoms with Crippen molar-refractivity contribution in [3.05, 3.63) is 50.3 Å². The molecule has 0 saturated heterocycles. The Labute approximate surface area is 186 Å². The molecule has 0 radical (unpaired) electrons. The average molecular weight is 470 g/mol. The molecule has 6 nitrogen and oxygen atoms in total. The number of aromatic nitrogens is 1. The number of likely N-dealkylation sites (N-methyl/N-ethyl adjacent to an activating group) is 1. The summed E-state index contributed by atoms with van der Waals surface area (Å²) >= 11 is 14.6. The summed E-state index contributed by atoms with van der Waals surface area (Å²) in [5.41, 5.74) is 1.06. The molecule has 1 aromatic carbocycles. The standard InChI is InChI=1S/C19H17Cl2N3O3S2/c1-10-17(29-18(22-10)14-6-7-15(21)28-14)19(26)24(2)9-16(25)23-12-8-11(20)4-5-13(12)27-3/h4-8H,9H2,1-3H3,(H,23,25). The first-order valence-corrected chi connectivity index (χ1v) is 10.8. The predicted octanol–water partition coefficient (Wildman–Crippen LogP) is 5.21. The molecule has 152 valence electrons. The Kier molecular flexibility index (Phi) is 6.79. The van der Waals surface area contributed by atoms with Gasteiger partial charge in [0.2, 0.25) is 5.91 Å². The third-order valence-electron chi connectivity index (χ3n) is 3.94. The number of thiophene rings is 1. The predicted molar refractivity (Wildman–Crippen MR) is 119 cm³/mol. The number of thiazole rings is 1. The van der Waals surface area contributed by atoms with Gasteiger partial charge in [-0.05, 0) is 37.3 Å². The number of anilines is 1. The summed E-state index contributed by atoms with van der Waals surface area (Å²) in [6, 6.07) is 8.57. The first kappa shape index (κ1) is 21.6. The number of ether oxygens (including phenoxy) is 1. The second-order valence-corrected chi connectivity index (χ2v) is 9.24. The Morgan fingerprint density at radius 2 is 1.97 bits per heavy atom. The molecule has 0 aliphatic carbocycles. The second-order valence-electron chi connectivity index (χ2n) is 6.09. The number of halogens is 2. The van der Waals surface area contributed by atoms with Crippen LogP contribution in [0.3, 0.4) is 0 Å². The largest absolute Gasteiger partial charge is 0.495 e. The van der Waals surface area contributed by atoms with E-state index in [1.165, 1.54) is 34.7 Å². The molecule has 1 N–H and O–H groups in total. The van der Waals surface area contributed by atoms with Crippen molar-refractivity contribution in [2.75, 3.05) is 26.0 Å². The van der Waals surface area contributed by atoms with Crippen LogP contribution in [-0.4, -0.2) is 42.4 Å². The molecule has 3 aromatic rings. The number of benzene rings is 1. The minimum absolute atomic E-state index is 0.133. The lowest BCUT2D eigenvalue weighted by atomic mass is 10.3. The number of aryl methyl sites for hydroxylation is 1. The topological polar surface area (TPSA) is 71.5 Å². The number of carbonyl (C=O) groups excluding carboxylic acids is 2. The van der Waals surface area contributed by atoms with E-state index in [4.69, 9.17) is 27.9 Å². The third-order valence-corrected chi connectivity index (χ3v) is 6.72. The van der Waals surface area contributed by atoms with E-state index in [0.29, 0.717) is 31.4 Å². The molecule has 0 aliphatic heterocycles. The smallest absolute Gasteiger partial charge is 0.266 e. The van der Waals surface area contributed by atoms with Gasteiger partial charge in [0.15, 0.2) is 0 Å². The molecule has 0 spiro atoms. The SMILES string of the molecule is COc1ccc(Cl)cc1NC(=O)CN(C)C(=O)c1sc(-c2ccc(Cl)s2)nc1C. The quantitative estimate of drug-likeness (QED) is 0.537. The van der Waals surface area contributed by atoms with Gasteiger partial charge < -0.3 is 15.0 Å². The van der Waals surface area contributed by atoms with Crippen LogP contribution in [-0.2, 0) is 4.79 Å². The van der Waals surface area contributed by atoms with Crippen LogP contribution in [0.4, 0.5) is 5.69 Å². The van der Waals surface area contributed by atoms with Crippen LogP contribution in [0.2, 0.25) is 9.36 Å². The van der Waals surface area contributed by atoms with Gasteiger partial charge in [-0.3, -0.25) is 9.59 Å². The summed E-state index contributed by atoms with van der Waals surface area (Å²) in [6.07, 6.45) is 0. The van der Waals surface area contributed by atoms with E-state index in [1.54, 1.807) is 38.2 Å². The highest BCUT2D eigenvalue weighted by molar-refractivity contribution is 7.24. The van der Waals surface area contributed by atoms with E-state index in [-0.39, 0.29) is 18.4 Å². The van der Waals surface area contributed by atoms with E-state index in [9.17, 15) is 9.59 Å². The van der Waals surface area contributed by atoms with Crippen molar-refractivity contribution in [2.24, 2.45) is 0 Å². The number of hydrogen-bond donors (Lipinski definition) is 1. The lowest BCUT2D eigenvalue weighted by Crippen LogP contribution is -2.34. The van der Waals surface area contributed by atoms with Gasteiger partial charge in [0.05, 0.1) is 34.2 Å². The van der Waals surface area contributed by atoms with Crippen molar-refractivity contribution in [3.8, 4) is 15.6 Å². The highest BCUT2D eigenvalue weighted by atomic mass is 35.5. The normalized spacial score (nSPS) is 10.7. The van der Waals surface area contributed by atoms with E-state index in [2.05, 4.69) is 10.3 Å². The molecule has 2 amide bonds. The summed E-state index contributed by atoms with van der Waals surface area (Å²) in [4.78, 5) is 32.5. The van der Waals surface area contributed by atoms with Crippen LogP contribution in [0.5, 0.6) is 5.75 Å². The van der Waals surface area contributed by atoms with Crippen LogP contribution >= 0.6 is 45.9 Å². The zero-order valence-corrected chi connectivity index (χ0v) is 18.9. The van der Waals surface area contributed by atoms with Crippen LogP contribution in [0.15, 0.2) is 30.3 Å². The lowest BCUT2D eigenvalue weighted by molar-refractivity contribution is -0.116. The summed E-state index contributed by atoms with van der Waals surface area (Å²) in [6.45, 7) is 1.64. The van der Waals surface area contributed by atoms with Crippen molar-refractivity contribution >= 4 is 63.4 Å². The molecule has 0 fully saturated rings. The highest BCUT2D eigenvalue weighted by Gasteiger charge is 2.22. The molecule has 2 aromatic heterocycles. The van der Waals surface area contributed by atoms with Crippen molar-refractivity contribution in [1.29, 1.82) is 0 Å². The fourth-order valence-corrected chi connectivity index (χ4v) is 4.89. The number of rotatable bonds is 6. The fourth-order valence-electron chi connectivity index (χ4n) is 2.56. The summed E-state index contributed by atoms with van der Waals surface area (Å²) in [5, 5.41) is 3.91. The second kappa shape index (κ2) is 9.13. The van der Waals surface area contributed by atoms with Gasteiger partial charge in [0.25, 0.3) is 5.91 Å². The molecule has 3 rings (SSSR count). The molecule has 0 unspecified atom stereocenters. The van der Waals surface area contributed by atoms with Crippen LogP contribution in [0.25, 0.3) is 9.88 Å². The number of nitrogens with zero attached hydrogens (tertiary/aromatic N) is 2. The van der Waals surface area contributed by atoms with Gasteiger partial charge in [0, 0.05) is 12.1 Å². The Balaban J connectivity index is 1.70. The number of nitrogens with one attached hydrogen (secondary N) is 1. The molecular formula is C19H17Cl2N3O3S2. The summed E-state index contributed by atoms with van der Waals surface area (Å²) in [5.74, 6) is -0.162. The minimum atomic E-state index is -0.367. The van der Waals surface area contributed by atoms with Crippen molar-refractivity contribution in [3.63, 3.8) is 0 Å². The number of carbonyl (C=O) groups is 2. The maximum absolute atomic E-state index is 12.8. The van der Waals surface area contributed by atoms with Crippen LogP contribution in [0.1, 0.15) is 15.4 Å². The molecule has 2 heterocycles. The van der Waals surface area contributed by atoms with E-state index in [1.807, 2.05) is 6.07 Å². The maximum Gasteiger partial charge on any atom is 0.266 e. The molecule has 10 heteroatoms. The fraction of sp³-hybridized carbons (Fsp3) is 0.211. The van der Waals surface area contributed by atoms with Crippen molar-refractivity contribution in [2.45, 2.75) is 6.92 Å². The Hall–Kier alpha value is -2.13. The first-order chi connectivity index (χ1) is 13.8. The number of methoxy groups -OCH3 is 1. The summed E-state index contributed by atoms with van der Waals surface area (Å²) < 4.78 is 5.87. The van der Waals surface area contributed by atoms with Gasteiger partial charge in [-0.25, -0.2) is 4.98 Å². The highest BCUT2D eigenvalue weighted by Crippen LogP contribution is 2.35. The molecule has 0 saturated carbocycles. The van der Waals surface area contributed by atoms with Crippen LogP contribution < -0.4 is 10.1 Å². The minimum Gasteiger partial charge on any atom is -0.495 e. The molecular weight excluding hydrogens is 453 g/mol. The van der Waals surface area contributed by atoms with Crippen LogP contribution in [0, 0.1) is 6.92 Å².